The number of aliphatic carboxylic acids is 1. The first-order valence-corrected chi connectivity index (χ1v) is 5.28. The van der Waals surface area contributed by atoms with Crippen LogP contribution in [0.3, 0.4) is 0 Å². The largest absolute Gasteiger partial charge is 0.497 e. The van der Waals surface area contributed by atoms with Crippen LogP contribution in [0.5, 0.6) is 11.5 Å². The van der Waals surface area contributed by atoms with Gasteiger partial charge < -0.3 is 24.4 Å². The molecule has 0 spiro atoms. The quantitative estimate of drug-likeness (QED) is 0.752. The van der Waals surface area contributed by atoms with E-state index in [1.165, 1.54) is 14.2 Å². The zero-order chi connectivity index (χ0) is 13.5. The molecule has 0 saturated heterocycles. The Kier molecular flexibility index (Phi) is 5.41. The highest BCUT2D eigenvalue weighted by Gasteiger charge is 2.15. The first-order valence-electron chi connectivity index (χ1n) is 5.28. The summed E-state index contributed by atoms with van der Waals surface area (Å²) in [5.41, 5.74) is 0.517. The van der Waals surface area contributed by atoms with Crippen molar-refractivity contribution in [1.82, 2.24) is 0 Å². The van der Waals surface area contributed by atoms with E-state index in [2.05, 4.69) is 0 Å². The highest BCUT2D eigenvalue weighted by Crippen LogP contribution is 2.29. The molecule has 6 heteroatoms. The molecule has 0 radical (unpaired) electrons. The van der Waals surface area contributed by atoms with E-state index in [9.17, 15) is 9.90 Å². The Balaban J connectivity index is 2.72. The molecule has 6 nitrogen and oxygen atoms in total. The standard InChI is InChI=1S/C12H16O6/c1-16-8-3-4-9(11(5-8)17-2)10(13)6-18-7-12(14)15/h3-5,10,13H,6-7H2,1-2H3,(H,14,15). The highest BCUT2D eigenvalue weighted by atomic mass is 16.5. The number of aliphatic hydroxyl groups is 1. The van der Waals surface area contributed by atoms with Crippen LogP contribution >= 0.6 is 0 Å². The number of hydrogen-bond acceptors (Lipinski definition) is 5. The molecule has 0 heterocycles. The van der Waals surface area contributed by atoms with Gasteiger partial charge in [0, 0.05) is 11.6 Å². The summed E-state index contributed by atoms with van der Waals surface area (Å²) in [6.45, 7) is -0.565. The van der Waals surface area contributed by atoms with Crippen LogP contribution in [-0.2, 0) is 9.53 Å². The summed E-state index contributed by atoms with van der Waals surface area (Å²) in [4.78, 5) is 10.3. The number of carboxylic acids is 1. The molecule has 0 aliphatic carbocycles. The van der Waals surface area contributed by atoms with Gasteiger partial charge in [-0.25, -0.2) is 4.79 Å². The van der Waals surface area contributed by atoms with Crippen LogP contribution in [0.1, 0.15) is 11.7 Å². The minimum Gasteiger partial charge on any atom is -0.497 e. The maximum Gasteiger partial charge on any atom is 0.329 e. The summed E-state index contributed by atoms with van der Waals surface area (Å²) in [6, 6.07) is 4.96. The van der Waals surface area contributed by atoms with Crippen molar-refractivity contribution in [3.05, 3.63) is 23.8 Å². The molecule has 0 amide bonds. The second kappa shape index (κ2) is 6.83. The van der Waals surface area contributed by atoms with Crippen molar-refractivity contribution >= 4 is 5.97 Å². The Labute approximate surface area is 105 Å². The lowest BCUT2D eigenvalue weighted by Crippen LogP contribution is -2.13. The van der Waals surface area contributed by atoms with E-state index in [0.29, 0.717) is 17.1 Å². The van der Waals surface area contributed by atoms with Crippen molar-refractivity contribution in [2.75, 3.05) is 27.4 Å². The fraction of sp³-hybridized carbons (Fsp3) is 0.417. The summed E-state index contributed by atoms with van der Waals surface area (Å²) in [7, 11) is 3.00. The second-order valence-electron chi connectivity index (χ2n) is 3.53. The lowest BCUT2D eigenvalue weighted by molar-refractivity contribution is -0.143. The number of hydrogen-bond donors (Lipinski definition) is 2. The van der Waals surface area contributed by atoms with Crippen molar-refractivity contribution in [2.45, 2.75) is 6.10 Å². The van der Waals surface area contributed by atoms with Gasteiger partial charge in [-0.15, -0.1) is 0 Å². The molecule has 1 rings (SSSR count). The van der Waals surface area contributed by atoms with Crippen molar-refractivity contribution < 1.29 is 29.2 Å². The van der Waals surface area contributed by atoms with Gasteiger partial charge in [-0.2, -0.15) is 0 Å². The summed E-state index contributed by atoms with van der Waals surface area (Å²) in [5, 5.41) is 18.3. The number of ether oxygens (including phenoxy) is 3. The molecule has 1 aromatic carbocycles. The first kappa shape index (κ1) is 14.3. The minimum absolute atomic E-state index is 0.116. The van der Waals surface area contributed by atoms with E-state index < -0.39 is 18.7 Å². The van der Waals surface area contributed by atoms with Crippen LogP contribution < -0.4 is 9.47 Å². The van der Waals surface area contributed by atoms with E-state index >= 15 is 0 Å². The van der Waals surface area contributed by atoms with Crippen LogP contribution in [0.2, 0.25) is 0 Å². The van der Waals surface area contributed by atoms with Crippen LogP contribution in [-0.4, -0.2) is 43.6 Å². The molecule has 0 aliphatic rings. The Hall–Kier alpha value is -1.79. The lowest BCUT2D eigenvalue weighted by Gasteiger charge is -2.15. The summed E-state index contributed by atoms with van der Waals surface area (Å²) in [5.74, 6) is -0.0149. The lowest BCUT2D eigenvalue weighted by atomic mass is 10.1. The Bertz CT molecular complexity index is 404. The molecule has 18 heavy (non-hydrogen) atoms. The Morgan fingerprint density at radius 3 is 2.61 bits per heavy atom. The highest BCUT2D eigenvalue weighted by molar-refractivity contribution is 5.68. The average Bonchev–Trinajstić information content (AvgIpc) is 2.37. The minimum atomic E-state index is -1.08. The van der Waals surface area contributed by atoms with E-state index in [0.717, 1.165) is 0 Å². The van der Waals surface area contributed by atoms with Crippen LogP contribution in [0.15, 0.2) is 18.2 Å². The molecule has 2 N–H and O–H groups in total. The van der Waals surface area contributed by atoms with Gasteiger partial charge in [-0.1, -0.05) is 0 Å². The molecule has 0 saturated carbocycles. The van der Waals surface area contributed by atoms with Gasteiger partial charge in [0.15, 0.2) is 0 Å². The van der Waals surface area contributed by atoms with Gasteiger partial charge in [0.1, 0.15) is 24.2 Å². The molecule has 100 valence electrons. The number of carbonyl (C=O) groups is 1. The predicted molar refractivity (Wildman–Crippen MR) is 63.0 cm³/mol. The van der Waals surface area contributed by atoms with Gasteiger partial charge in [-0.05, 0) is 12.1 Å². The van der Waals surface area contributed by atoms with E-state index in [1.54, 1.807) is 18.2 Å². The number of benzene rings is 1. The third kappa shape index (κ3) is 3.90. The van der Waals surface area contributed by atoms with Crippen molar-refractivity contribution in [3.63, 3.8) is 0 Å². The first-order chi connectivity index (χ1) is 8.58. The van der Waals surface area contributed by atoms with Crippen LogP contribution in [0.25, 0.3) is 0 Å². The molecule has 0 bridgehead atoms. The van der Waals surface area contributed by atoms with Crippen LogP contribution in [0.4, 0.5) is 0 Å². The number of methoxy groups -OCH3 is 2. The normalized spacial score (nSPS) is 11.9. The number of aliphatic hydroxyl groups excluding tert-OH is 1. The second-order valence-corrected chi connectivity index (χ2v) is 3.53. The topological polar surface area (TPSA) is 85.2 Å². The fourth-order valence-electron chi connectivity index (χ4n) is 1.44. The van der Waals surface area contributed by atoms with Crippen molar-refractivity contribution in [3.8, 4) is 11.5 Å². The van der Waals surface area contributed by atoms with Crippen molar-refractivity contribution in [1.29, 1.82) is 0 Å². The van der Waals surface area contributed by atoms with Gasteiger partial charge in [-0.3, -0.25) is 0 Å². The smallest absolute Gasteiger partial charge is 0.329 e. The van der Waals surface area contributed by atoms with E-state index in [1.807, 2.05) is 0 Å². The van der Waals surface area contributed by atoms with Gasteiger partial charge in [0.2, 0.25) is 0 Å². The molecule has 1 unspecified atom stereocenters. The summed E-state index contributed by atoms with van der Waals surface area (Å²) >= 11 is 0. The SMILES string of the molecule is COc1ccc(C(O)COCC(=O)O)c(OC)c1. The van der Waals surface area contributed by atoms with E-state index in [4.69, 9.17) is 19.3 Å². The maximum absolute atomic E-state index is 10.3. The average molecular weight is 256 g/mol. The maximum atomic E-state index is 10.3. The van der Waals surface area contributed by atoms with Crippen LogP contribution in [0, 0.1) is 0 Å². The molecule has 0 fully saturated rings. The molecule has 0 aliphatic heterocycles. The third-order valence-corrected chi connectivity index (χ3v) is 2.30. The monoisotopic (exact) mass is 256 g/mol. The zero-order valence-corrected chi connectivity index (χ0v) is 10.3. The third-order valence-electron chi connectivity index (χ3n) is 2.30. The Morgan fingerprint density at radius 1 is 1.33 bits per heavy atom. The number of rotatable bonds is 7. The summed E-state index contributed by atoms with van der Waals surface area (Å²) in [6.07, 6.45) is -0.954. The van der Waals surface area contributed by atoms with Gasteiger partial charge >= 0.3 is 5.97 Å². The van der Waals surface area contributed by atoms with Gasteiger partial charge in [0.25, 0.3) is 0 Å². The fourth-order valence-corrected chi connectivity index (χ4v) is 1.44. The van der Waals surface area contributed by atoms with E-state index in [-0.39, 0.29) is 6.61 Å². The number of carboxylic acid groups (broad SMARTS) is 1. The Morgan fingerprint density at radius 2 is 2.06 bits per heavy atom. The molecular weight excluding hydrogens is 240 g/mol. The molecule has 1 atom stereocenters. The van der Waals surface area contributed by atoms with Gasteiger partial charge in [0.05, 0.1) is 20.8 Å². The summed E-state index contributed by atoms with van der Waals surface area (Å²) < 4.78 is 15.0. The molecular formula is C12H16O6. The van der Waals surface area contributed by atoms with Crippen molar-refractivity contribution in [2.24, 2.45) is 0 Å². The molecule has 0 aromatic heterocycles. The predicted octanol–water partition coefficient (Wildman–Crippen LogP) is 0.838. The molecule has 1 aromatic rings. The zero-order valence-electron chi connectivity index (χ0n) is 10.3.